The van der Waals surface area contributed by atoms with Crippen LogP contribution in [-0.4, -0.2) is 29.0 Å². The van der Waals surface area contributed by atoms with Crippen molar-refractivity contribution in [3.05, 3.63) is 17.4 Å². The maximum Gasteiger partial charge on any atom is 0.320 e. The van der Waals surface area contributed by atoms with Crippen molar-refractivity contribution in [2.24, 2.45) is 5.73 Å². The van der Waals surface area contributed by atoms with Crippen molar-refractivity contribution in [3.8, 4) is 17.2 Å². The van der Waals surface area contributed by atoms with Gasteiger partial charge in [-0.05, 0) is 0 Å². The Bertz CT molecular complexity index is 476. The van der Waals surface area contributed by atoms with Crippen LogP contribution in [-0.2, 0) is 11.2 Å². The number of hydrogen-bond acceptors (Lipinski definition) is 5. The summed E-state index contributed by atoms with van der Waals surface area (Å²) >= 11 is 0. The molecule has 1 aliphatic heterocycles. The van der Waals surface area contributed by atoms with Gasteiger partial charge in [0.1, 0.15) is 6.04 Å². The predicted molar refractivity (Wildman–Crippen MR) is 53.5 cm³/mol. The number of carbonyl (C=O) groups is 1. The Hall–Kier alpha value is -2.02. The third-order valence-corrected chi connectivity index (χ3v) is 2.41. The van der Waals surface area contributed by atoms with Crippen molar-refractivity contribution in [1.29, 1.82) is 0 Å². The zero-order valence-corrected chi connectivity index (χ0v) is 8.64. The molecule has 1 unspecified atom stereocenters. The second kappa shape index (κ2) is 4.10. The number of ether oxygens (including phenoxy) is 2. The molecule has 92 valence electrons. The summed E-state index contributed by atoms with van der Waals surface area (Å²) in [6.07, 6.45) is -0.290. The number of fused-ring (bicyclic) bond motifs is 1. The van der Waals surface area contributed by atoms with Gasteiger partial charge in [0.25, 0.3) is 0 Å². The van der Waals surface area contributed by atoms with Crippen LogP contribution in [0.15, 0.2) is 6.07 Å². The largest absolute Gasteiger partial charge is 0.505 e. The van der Waals surface area contributed by atoms with E-state index in [2.05, 4.69) is 0 Å². The van der Waals surface area contributed by atoms with Crippen LogP contribution in [0.25, 0.3) is 0 Å². The standard InChI is InChI=1S/C10H10FNO5/c11-8-4(1-5(12)10(14)15)9-7(2-6(8)13)16-3-17-9/h2,5,13H,1,3,12H2,(H,14,15). The number of carboxylic acid groups (broad SMARTS) is 1. The van der Waals surface area contributed by atoms with E-state index in [0.29, 0.717) is 0 Å². The van der Waals surface area contributed by atoms with E-state index in [9.17, 15) is 14.3 Å². The number of aliphatic carboxylic acids is 1. The molecule has 1 aliphatic rings. The first-order chi connectivity index (χ1) is 8.00. The Morgan fingerprint density at radius 3 is 2.94 bits per heavy atom. The van der Waals surface area contributed by atoms with Crippen LogP contribution in [0, 0.1) is 5.82 Å². The number of benzene rings is 1. The number of hydrogen-bond donors (Lipinski definition) is 3. The first-order valence-corrected chi connectivity index (χ1v) is 4.79. The van der Waals surface area contributed by atoms with Crippen LogP contribution in [0.2, 0.25) is 0 Å². The van der Waals surface area contributed by atoms with Crippen LogP contribution >= 0.6 is 0 Å². The topological polar surface area (TPSA) is 102 Å². The number of carboxylic acids is 1. The normalized spacial score (nSPS) is 14.7. The summed E-state index contributed by atoms with van der Waals surface area (Å²) in [5.74, 6) is -2.55. The number of aromatic hydroxyl groups is 1. The smallest absolute Gasteiger partial charge is 0.320 e. The van der Waals surface area contributed by atoms with Gasteiger partial charge in [-0.2, -0.15) is 0 Å². The molecule has 1 aromatic rings. The quantitative estimate of drug-likeness (QED) is 0.701. The summed E-state index contributed by atoms with van der Waals surface area (Å²) in [7, 11) is 0. The second-order valence-corrected chi connectivity index (χ2v) is 3.57. The summed E-state index contributed by atoms with van der Waals surface area (Å²) in [6.45, 7) is -0.104. The first kappa shape index (κ1) is 11.5. The van der Waals surface area contributed by atoms with Crippen molar-refractivity contribution in [1.82, 2.24) is 0 Å². The molecule has 1 atom stereocenters. The Morgan fingerprint density at radius 1 is 1.59 bits per heavy atom. The second-order valence-electron chi connectivity index (χ2n) is 3.57. The molecular weight excluding hydrogens is 233 g/mol. The molecule has 7 heteroatoms. The van der Waals surface area contributed by atoms with Gasteiger partial charge in [-0.1, -0.05) is 0 Å². The number of rotatable bonds is 3. The molecule has 1 heterocycles. The lowest BCUT2D eigenvalue weighted by molar-refractivity contribution is -0.138. The third-order valence-electron chi connectivity index (χ3n) is 2.41. The highest BCUT2D eigenvalue weighted by atomic mass is 19.1. The maximum absolute atomic E-state index is 13.6. The lowest BCUT2D eigenvalue weighted by atomic mass is 10.0. The molecule has 0 saturated carbocycles. The fraction of sp³-hybridized carbons (Fsp3) is 0.300. The average molecular weight is 243 g/mol. The van der Waals surface area contributed by atoms with Crippen molar-refractivity contribution < 1.29 is 28.9 Å². The zero-order chi connectivity index (χ0) is 12.6. The monoisotopic (exact) mass is 243 g/mol. The molecular formula is C10H10FNO5. The van der Waals surface area contributed by atoms with Crippen molar-refractivity contribution in [2.75, 3.05) is 6.79 Å². The summed E-state index contributed by atoms with van der Waals surface area (Å²) in [4.78, 5) is 10.6. The summed E-state index contributed by atoms with van der Waals surface area (Å²) in [5.41, 5.74) is 5.23. The highest BCUT2D eigenvalue weighted by Crippen LogP contribution is 2.41. The van der Waals surface area contributed by atoms with Crippen LogP contribution in [0.3, 0.4) is 0 Å². The van der Waals surface area contributed by atoms with Gasteiger partial charge in [0.15, 0.2) is 23.1 Å². The zero-order valence-electron chi connectivity index (χ0n) is 8.64. The fourth-order valence-electron chi connectivity index (χ4n) is 1.56. The van der Waals surface area contributed by atoms with E-state index in [4.69, 9.17) is 20.3 Å². The number of phenolic OH excluding ortho intramolecular Hbond substituents is 1. The molecule has 0 radical (unpaired) electrons. The highest BCUT2D eigenvalue weighted by Gasteiger charge is 2.27. The minimum absolute atomic E-state index is 0.0904. The van der Waals surface area contributed by atoms with E-state index in [1.165, 1.54) is 0 Å². The number of halogens is 1. The number of phenols is 1. The molecule has 0 spiro atoms. The molecule has 0 saturated heterocycles. The Balaban J connectivity index is 2.42. The molecule has 6 nitrogen and oxygen atoms in total. The Kier molecular flexibility index (Phi) is 2.76. The summed E-state index contributed by atoms with van der Waals surface area (Å²) in [5, 5.41) is 18.0. The van der Waals surface area contributed by atoms with Crippen molar-refractivity contribution in [3.63, 3.8) is 0 Å². The van der Waals surface area contributed by atoms with E-state index in [1.54, 1.807) is 0 Å². The number of nitrogens with two attached hydrogens (primary N) is 1. The molecule has 2 rings (SSSR count). The molecule has 17 heavy (non-hydrogen) atoms. The molecule has 0 aromatic heterocycles. The minimum Gasteiger partial charge on any atom is -0.505 e. The van der Waals surface area contributed by atoms with Gasteiger partial charge in [-0.3, -0.25) is 4.79 Å². The summed E-state index contributed by atoms with van der Waals surface area (Å²) in [6, 6.07) is -0.201. The first-order valence-electron chi connectivity index (χ1n) is 4.79. The van der Waals surface area contributed by atoms with E-state index in [1.807, 2.05) is 0 Å². The van der Waals surface area contributed by atoms with E-state index < -0.39 is 23.6 Å². The van der Waals surface area contributed by atoms with E-state index >= 15 is 0 Å². The van der Waals surface area contributed by atoms with Gasteiger partial charge in [0.05, 0.1) is 0 Å². The van der Waals surface area contributed by atoms with Gasteiger partial charge in [0.2, 0.25) is 6.79 Å². The minimum atomic E-state index is -1.28. The fourth-order valence-corrected chi connectivity index (χ4v) is 1.56. The molecule has 4 N–H and O–H groups in total. The van der Waals surface area contributed by atoms with Gasteiger partial charge < -0.3 is 25.4 Å². The maximum atomic E-state index is 13.6. The molecule has 0 aliphatic carbocycles. The highest BCUT2D eigenvalue weighted by molar-refractivity contribution is 5.74. The van der Waals surface area contributed by atoms with E-state index in [-0.39, 0.29) is 30.3 Å². The van der Waals surface area contributed by atoms with Crippen molar-refractivity contribution in [2.45, 2.75) is 12.5 Å². The van der Waals surface area contributed by atoms with Crippen molar-refractivity contribution >= 4 is 5.97 Å². The Morgan fingerprint density at radius 2 is 2.29 bits per heavy atom. The van der Waals surface area contributed by atoms with Gasteiger partial charge in [-0.25, -0.2) is 4.39 Å². The molecule has 0 amide bonds. The third kappa shape index (κ3) is 1.96. The molecule has 0 fully saturated rings. The van der Waals surface area contributed by atoms with Gasteiger partial charge in [0, 0.05) is 18.1 Å². The van der Waals surface area contributed by atoms with E-state index in [0.717, 1.165) is 6.07 Å². The van der Waals surface area contributed by atoms with Crippen LogP contribution in [0.1, 0.15) is 5.56 Å². The van der Waals surface area contributed by atoms with Crippen LogP contribution < -0.4 is 15.2 Å². The average Bonchev–Trinajstić information content (AvgIpc) is 2.71. The lowest BCUT2D eigenvalue weighted by Crippen LogP contribution is -2.32. The Labute approximate surface area is 95.4 Å². The van der Waals surface area contributed by atoms with Gasteiger partial charge in [-0.15, -0.1) is 0 Å². The predicted octanol–water partition coefficient (Wildman–Crippen LogP) is 0.214. The SMILES string of the molecule is NC(Cc1c(F)c(O)cc2c1OCO2)C(=O)O. The van der Waals surface area contributed by atoms with Crippen LogP contribution in [0.4, 0.5) is 4.39 Å². The van der Waals surface area contributed by atoms with Gasteiger partial charge >= 0.3 is 5.97 Å². The lowest BCUT2D eigenvalue weighted by Gasteiger charge is -2.11. The molecule has 1 aromatic carbocycles. The summed E-state index contributed by atoms with van der Waals surface area (Å²) < 4.78 is 23.7. The van der Waals surface area contributed by atoms with Crippen LogP contribution in [0.5, 0.6) is 17.2 Å². The molecule has 0 bridgehead atoms.